The number of fused-ring (bicyclic) bond motifs is 4. The van der Waals surface area contributed by atoms with E-state index in [1.807, 2.05) is 13.8 Å². The molecule has 2 saturated carbocycles. The minimum absolute atomic E-state index is 0.0238. The van der Waals surface area contributed by atoms with Gasteiger partial charge in [0.2, 0.25) is 11.6 Å². The van der Waals surface area contributed by atoms with Gasteiger partial charge >= 0.3 is 5.97 Å². The molecule has 8 heterocycles. The normalized spacial score (nSPS) is 52.5. The number of aromatic carboxylic acids is 1. The second kappa shape index (κ2) is 11.9. The van der Waals surface area contributed by atoms with Crippen molar-refractivity contribution >= 4 is 5.97 Å². The fraction of sp³-hybridized carbons (Fsp3) is 0.825. The Hall–Kier alpha value is -1.67. The van der Waals surface area contributed by atoms with Crippen LogP contribution in [0.4, 0.5) is 0 Å². The van der Waals surface area contributed by atoms with Gasteiger partial charge in [0.05, 0.1) is 23.4 Å². The second-order valence-electron chi connectivity index (χ2n) is 18.2. The molecule has 11 rings (SSSR count). The first-order chi connectivity index (χ1) is 24.2. The van der Waals surface area contributed by atoms with Gasteiger partial charge in [-0.05, 0) is 106 Å². The predicted octanol–water partition coefficient (Wildman–Crippen LogP) is 6.85. The third-order valence-electron chi connectivity index (χ3n) is 15.3. The monoisotopic (exact) mass is 712 g/mol. The van der Waals surface area contributed by atoms with Crippen LogP contribution in [-0.4, -0.2) is 63.7 Å². The molecular weight excluding hydrogens is 656 g/mol. The van der Waals surface area contributed by atoms with Crippen molar-refractivity contribution in [3.8, 4) is 0 Å². The molecule has 2 aliphatic carbocycles. The fourth-order valence-corrected chi connectivity index (χ4v) is 12.3. The number of carboxylic acids is 1. The van der Waals surface area contributed by atoms with Gasteiger partial charge in [0, 0.05) is 37.5 Å². The van der Waals surface area contributed by atoms with E-state index < -0.39 is 46.9 Å². The van der Waals surface area contributed by atoms with E-state index in [1.54, 1.807) is 24.3 Å². The number of ether oxygens (including phenoxy) is 4. The standard InChI is InChI=1S/C40H56O11/c1-21-7-13-29-23(3)31(44-34-39(29)27(21)15-17-36(5,46-34)48-50-39)19-38(43,26-11-9-25(10-12-26)33(41)42)20-32-24(4)30-14-8-22(2)28-16-18-37(6)47-35(45-32)40(28,30)51-49-37/h9-12,21-24,27-32,34-35,43H,7-8,13-20H2,1-6H3,(H,41,42)/t21-,22+,23-,24+,27+,28-,29+,30-,31?,32?,34+,35-,36-,37+,38?,39-,40+. The van der Waals surface area contributed by atoms with Crippen molar-refractivity contribution < 1.29 is 53.5 Å². The zero-order valence-electron chi connectivity index (χ0n) is 30.9. The highest BCUT2D eigenvalue weighted by Gasteiger charge is 2.71. The summed E-state index contributed by atoms with van der Waals surface area (Å²) in [6.07, 6.45) is 5.97. The Morgan fingerprint density at radius 3 is 1.57 bits per heavy atom. The summed E-state index contributed by atoms with van der Waals surface area (Å²) in [5.41, 5.74) is -2.04. The van der Waals surface area contributed by atoms with Crippen molar-refractivity contribution in [1.82, 2.24) is 0 Å². The van der Waals surface area contributed by atoms with Gasteiger partial charge in [-0.3, -0.25) is 0 Å². The van der Waals surface area contributed by atoms with Gasteiger partial charge in [0.1, 0.15) is 0 Å². The molecule has 8 aliphatic heterocycles. The van der Waals surface area contributed by atoms with E-state index in [4.69, 9.17) is 38.5 Å². The van der Waals surface area contributed by atoms with Crippen LogP contribution in [0.15, 0.2) is 24.3 Å². The van der Waals surface area contributed by atoms with Crippen molar-refractivity contribution in [3.05, 3.63) is 35.4 Å². The molecule has 51 heavy (non-hydrogen) atoms. The minimum atomic E-state index is -1.43. The lowest BCUT2D eigenvalue weighted by Gasteiger charge is -2.61. The predicted molar refractivity (Wildman–Crippen MR) is 180 cm³/mol. The number of hydrogen-bond acceptors (Lipinski definition) is 10. The van der Waals surface area contributed by atoms with Crippen LogP contribution in [0.25, 0.3) is 0 Å². The van der Waals surface area contributed by atoms with Gasteiger partial charge < -0.3 is 29.2 Å². The molecule has 2 spiro atoms. The van der Waals surface area contributed by atoms with Crippen LogP contribution >= 0.6 is 0 Å². The summed E-state index contributed by atoms with van der Waals surface area (Å²) in [5.74, 6) is -1.16. The Bertz CT molecular complexity index is 1440. The summed E-state index contributed by atoms with van der Waals surface area (Å²) in [6, 6.07) is 6.63. The molecule has 1 aromatic carbocycles. The topological polar surface area (TPSA) is 131 Å². The maximum Gasteiger partial charge on any atom is 0.335 e. The van der Waals surface area contributed by atoms with Crippen molar-refractivity contribution in [2.45, 2.75) is 159 Å². The molecule has 11 nitrogen and oxygen atoms in total. The highest BCUT2D eigenvalue weighted by molar-refractivity contribution is 5.87. The number of carbonyl (C=O) groups is 1. The average molecular weight is 713 g/mol. The van der Waals surface area contributed by atoms with E-state index >= 15 is 0 Å². The van der Waals surface area contributed by atoms with Crippen LogP contribution < -0.4 is 0 Å². The highest BCUT2D eigenvalue weighted by atomic mass is 17.3. The largest absolute Gasteiger partial charge is 0.478 e. The van der Waals surface area contributed by atoms with Crippen molar-refractivity contribution in [1.29, 1.82) is 0 Å². The van der Waals surface area contributed by atoms with E-state index in [1.165, 1.54) is 0 Å². The summed E-state index contributed by atoms with van der Waals surface area (Å²) in [7, 11) is 0. The summed E-state index contributed by atoms with van der Waals surface area (Å²) in [5, 5.41) is 22.9. The fourth-order valence-electron chi connectivity index (χ4n) is 12.3. The van der Waals surface area contributed by atoms with Crippen LogP contribution in [0.2, 0.25) is 0 Å². The average Bonchev–Trinajstić information content (AvgIpc) is 3.47. The first-order valence-corrected chi connectivity index (χ1v) is 19.7. The summed E-state index contributed by atoms with van der Waals surface area (Å²) in [6.45, 7) is 12.9. The molecule has 0 radical (unpaired) electrons. The number of aliphatic hydroxyl groups is 1. The molecule has 11 heteroatoms. The van der Waals surface area contributed by atoms with Gasteiger partial charge in [-0.2, -0.15) is 0 Å². The van der Waals surface area contributed by atoms with E-state index in [0.29, 0.717) is 17.4 Å². The zero-order valence-corrected chi connectivity index (χ0v) is 30.9. The molecule has 1 aromatic rings. The Balaban J connectivity index is 1.06. The molecule has 3 unspecified atom stereocenters. The van der Waals surface area contributed by atoms with Crippen molar-refractivity contribution in [2.24, 2.45) is 47.3 Å². The molecule has 0 amide bonds. The lowest BCUT2D eigenvalue weighted by atomic mass is 9.56. The van der Waals surface area contributed by atoms with E-state index in [9.17, 15) is 15.0 Å². The van der Waals surface area contributed by atoms with Gasteiger partial charge in [-0.1, -0.05) is 39.8 Å². The number of benzene rings is 1. The molecule has 17 atom stereocenters. The molecule has 0 aromatic heterocycles. The third kappa shape index (κ3) is 5.12. The number of carboxylic acid groups (broad SMARTS) is 1. The Morgan fingerprint density at radius 1 is 0.686 bits per heavy atom. The molecule has 4 bridgehead atoms. The molecule has 10 aliphatic rings. The van der Waals surface area contributed by atoms with Gasteiger partial charge in [-0.25, -0.2) is 24.3 Å². The molecule has 10 fully saturated rings. The Labute approximate surface area is 300 Å². The van der Waals surface area contributed by atoms with Crippen LogP contribution in [0.3, 0.4) is 0 Å². The van der Waals surface area contributed by atoms with Crippen molar-refractivity contribution in [3.63, 3.8) is 0 Å². The Kier molecular flexibility index (Phi) is 8.19. The number of hydrogen-bond donors (Lipinski definition) is 2. The quantitative estimate of drug-likeness (QED) is 0.300. The van der Waals surface area contributed by atoms with Crippen molar-refractivity contribution in [2.75, 3.05) is 0 Å². The van der Waals surface area contributed by atoms with Crippen LogP contribution in [0.1, 0.15) is 122 Å². The second-order valence-corrected chi connectivity index (χ2v) is 18.2. The summed E-state index contributed by atoms with van der Waals surface area (Å²) < 4.78 is 27.3. The SMILES string of the molecule is C[C@@H]1CC[C@H]2[C@@H](C)C(CC(O)(CC3O[C@@H]4O[C@]5(C)CC[C@@H]6[C@@H](C)CC[C@H]([C@@H]3C)[C@]46OO5)c3ccc(C(=O)O)cc3)O[C@H]3O[C@@]4(C)CC[C@@H]1[C@]32OO4. The number of rotatable bonds is 6. The van der Waals surface area contributed by atoms with Gasteiger partial charge in [-0.15, -0.1) is 0 Å². The van der Waals surface area contributed by atoms with E-state index in [2.05, 4.69) is 27.7 Å². The van der Waals surface area contributed by atoms with Gasteiger partial charge in [0.25, 0.3) is 0 Å². The molecule has 2 N–H and O–H groups in total. The minimum Gasteiger partial charge on any atom is -0.478 e. The summed E-state index contributed by atoms with van der Waals surface area (Å²) in [4.78, 5) is 36.8. The maximum absolute atomic E-state index is 13.2. The van der Waals surface area contributed by atoms with Gasteiger partial charge in [0.15, 0.2) is 23.8 Å². The lowest BCUT2D eigenvalue weighted by molar-refractivity contribution is -0.572. The van der Waals surface area contributed by atoms with E-state index in [-0.39, 0.29) is 66.1 Å². The first kappa shape index (κ1) is 35.1. The molecule has 8 saturated heterocycles. The smallest absolute Gasteiger partial charge is 0.335 e. The molecular formula is C40H56O11. The first-order valence-electron chi connectivity index (χ1n) is 19.7. The Morgan fingerprint density at radius 2 is 1.14 bits per heavy atom. The summed E-state index contributed by atoms with van der Waals surface area (Å²) >= 11 is 0. The van der Waals surface area contributed by atoms with E-state index in [0.717, 1.165) is 51.4 Å². The maximum atomic E-state index is 13.2. The lowest BCUT2D eigenvalue weighted by Crippen LogP contribution is -2.71. The molecule has 282 valence electrons. The van der Waals surface area contributed by atoms with Crippen LogP contribution in [0, 0.1) is 47.3 Å². The third-order valence-corrected chi connectivity index (χ3v) is 15.3. The zero-order chi connectivity index (χ0) is 35.7. The van der Waals surface area contributed by atoms with Crippen LogP contribution in [0.5, 0.6) is 0 Å². The van der Waals surface area contributed by atoms with Crippen LogP contribution in [-0.2, 0) is 44.1 Å². The highest BCUT2D eigenvalue weighted by Crippen LogP contribution is 2.63.